The first kappa shape index (κ1) is 12.3. The van der Waals surface area contributed by atoms with Gasteiger partial charge >= 0.3 is 53.1 Å². The molecule has 0 atom stereocenters. The van der Waals surface area contributed by atoms with E-state index >= 15 is 0 Å². The molecule has 0 rings (SSSR count). The third-order valence-corrected chi connectivity index (χ3v) is 1.79. The van der Waals surface area contributed by atoms with Crippen LogP contribution in [-0.2, 0) is 0 Å². The first-order chi connectivity index (χ1) is 4.33. The number of hydrogen-bond acceptors (Lipinski definition) is 2. The summed E-state index contributed by atoms with van der Waals surface area (Å²) < 4.78 is 1.44. The Balaban J connectivity index is 0. The summed E-state index contributed by atoms with van der Waals surface area (Å²) in [6.07, 6.45) is 4.26. The molecule has 0 heterocycles. The summed E-state index contributed by atoms with van der Waals surface area (Å²) in [6.45, 7) is 2.24. The molecular formula is C6H12NSSn. The molecule has 3 heteroatoms. The van der Waals surface area contributed by atoms with Crippen molar-refractivity contribution in [3.05, 3.63) is 0 Å². The van der Waals surface area contributed by atoms with Crippen molar-refractivity contribution >= 4 is 39.9 Å². The van der Waals surface area contributed by atoms with Crippen molar-refractivity contribution in [1.82, 2.24) is 0 Å². The van der Waals surface area contributed by atoms with Crippen LogP contribution in [0, 0.1) is 5.41 Å². The summed E-state index contributed by atoms with van der Waals surface area (Å²) in [6, 6.07) is 0. The Morgan fingerprint density at radius 3 is 2.11 bits per heavy atom. The molecule has 0 aromatic heterocycles. The van der Waals surface area contributed by atoms with Crippen LogP contribution in [0.25, 0.3) is 0 Å². The second kappa shape index (κ2) is 15.8. The predicted octanol–water partition coefficient (Wildman–Crippen LogP) is 2.43. The molecule has 0 unspecified atom stereocenters. The Hall–Kier alpha value is 0.599. The first-order valence-corrected chi connectivity index (χ1v) is 5.44. The third-order valence-electron chi connectivity index (χ3n) is 0.780. The zero-order valence-electron chi connectivity index (χ0n) is 5.74. The zero-order chi connectivity index (χ0) is 7.54. The molecule has 0 spiro atoms. The SMILES string of the molecule is CCCC[CH2][Sn].N=C=S. The maximum atomic E-state index is 5.77. The summed E-state index contributed by atoms with van der Waals surface area (Å²) >= 11 is 5.51. The maximum absolute atomic E-state index is 5.77. The van der Waals surface area contributed by atoms with Crippen LogP contribution in [0.5, 0.6) is 0 Å². The second-order valence-corrected chi connectivity index (χ2v) is 3.19. The fourth-order valence-electron chi connectivity index (χ4n) is 0.375. The van der Waals surface area contributed by atoms with Crippen LogP contribution in [0.3, 0.4) is 0 Å². The van der Waals surface area contributed by atoms with Gasteiger partial charge < -0.3 is 0 Å². The van der Waals surface area contributed by atoms with Crippen molar-refractivity contribution in [2.75, 3.05) is 0 Å². The third kappa shape index (κ3) is 28.9. The smallest absolute Gasteiger partial charge is 0.0554 e. The van der Waals surface area contributed by atoms with Gasteiger partial charge in [-0.2, -0.15) is 0 Å². The van der Waals surface area contributed by atoms with Crippen LogP contribution < -0.4 is 0 Å². The van der Waals surface area contributed by atoms with E-state index in [9.17, 15) is 0 Å². The monoisotopic (exact) mass is 250 g/mol. The van der Waals surface area contributed by atoms with Crippen molar-refractivity contribution in [3.8, 4) is 0 Å². The van der Waals surface area contributed by atoms with Crippen molar-refractivity contribution in [3.63, 3.8) is 0 Å². The number of rotatable bonds is 3. The molecule has 1 N–H and O–H groups in total. The molecule has 3 radical (unpaired) electrons. The molecule has 0 amide bonds. The fraction of sp³-hybridized carbons (Fsp3) is 0.833. The maximum Gasteiger partial charge on any atom is 0.0554 e. The van der Waals surface area contributed by atoms with E-state index < -0.39 is 0 Å². The summed E-state index contributed by atoms with van der Waals surface area (Å²) in [5.41, 5.74) is 0. The van der Waals surface area contributed by atoms with Crippen molar-refractivity contribution in [2.24, 2.45) is 0 Å². The molecule has 0 aromatic rings. The average molecular weight is 249 g/mol. The van der Waals surface area contributed by atoms with Gasteiger partial charge in [-0.1, -0.05) is 0 Å². The van der Waals surface area contributed by atoms with E-state index in [1.54, 1.807) is 27.7 Å². The Morgan fingerprint density at radius 2 is 2.00 bits per heavy atom. The van der Waals surface area contributed by atoms with E-state index in [-0.39, 0.29) is 0 Å². The Morgan fingerprint density at radius 1 is 1.56 bits per heavy atom. The number of hydrogen-bond donors (Lipinski definition) is 1. The second-order valence-electron chi connectivity index (χ2n) is 1.56. The van der Waals surface area contributed by atoms with Gasteiger partial charge in [0, 0.05) is 0 Å². The van der Waals surface area contributed by atoms with E-state index in [0.29, 0.717) is 0 Å². The van der Waals surface area contributed by atoms with Crippen LogP contribution in [-0.4, -0.2) is 27.7 Å². The minimum Gasteiger partial charge on any atom is -0.248 e. The van der Waals surface area contributed by atoms with Gasteiger partial charge in [-0.15, -0.1) is 0 Å². The van der Waals surface area contributed by atoms with E-state index in [1.807, 2.05) is 0 Å². The van der Waals surface area contributed by atoms with E-state index in [0.717, 1.165) is 0 Å². The molecule has 0 bridgehead atoms. The molecule has 0 aromatic carbocycles. The Labute approximate surface area is 75.8 Å². The summed E-state index contributed by atoms with van der Waals surface area (Å²) in [7, 11) is 0. The predicted molar refractivity (Wildman–Crippen MR) is 45.4 cm³/mol. The Kier molecular flexibility index (Phi) is 21.6. The molecule has 9 heavy (non-hydrogen) atoms. The molecule has 0 aliphatic rings. The largest absolute Gasteiger partial charge is 0.248 e. The quantitative estimate of drug-likeness (QED) is 0.353. The zero-order valence-corrected chi connectivity index (χ0v) is 9.41. The molecular weight excluding hydrogens is 237 g/mol. The molecule has 51 valence electrons. The molecule has 0 aliphatic carbocycles. The minimum absolute atomic E-state index is 1.37. The summed E-state index contributed by atoms with van der Waals surface area (Å²) in [5, 5.41) is 7.36. The van der Waals surface area contributed by atoms with Crippen LogP contribution >= 0.6 is 12.2 Å². The standard InChI is InChI=1S/C5H11.CHNS.Sn/c1-3-5-4-2;2-1-3;/h1,3-5H2,2H3;2H;. The number of thiocarbonyl (C=S) groups is 1. The first-order valence-electron chi connectivity index (χ1n) is 3.01. The topological polar surface area (TPSA) is 23.9 Å². The van der Waals surface area contributed by atoms with Crippen molar-refractivity contribution in [1.29, 1.82) is 5.41 Å². The molecule has 0 saturated carbocycles. The minimum atomic E-state index is 1.37. The van der Waals surface area contributed by atoms with E-state index in [1.165, 1.54) is 23.7 Å². The van der Waals surface area contributed by atoms with Gasteiger partial charge in [0.15, 0.2) is 0 Å². The number of unbranched alkanes of at least 4 members (excludes halogenated alkanes) is 2. The van der Waals surface area contributed by atoms with Gasteiger partial charge in [0.05, 0.1) is 5.16 Å². The van der Waals surface area contributed by atoms with Crippen LogP contribution in [0.4, 0.5) is 0 Å². The molecule has 0 saturated heterocycles. The molecule has 1 nitrogen and oxygen atoms in total. The van der Waals surface area contributed by atoms with Crippen LogP contribution in [0.2, 0.25) is 4.44 Å². The van der Waals surface area contributed by atoms with Gasteiger partial charge in [0.25, 0.3) is 0 Å². The summed E-state index contributed by atoms with van der Waals surface area (Å²) in [5.74, 6) is 0. The Bertz CT molecular complexity index is 65.5. The fourth-order valence-corrected chi connectivity index (χ4v) is 1.09. The van der Waals surface area contributed by atoms with Crippen molar-refractivity contribution in [2.45, 2.75) is 30.6 Å². The molecule has 0 fully saturated rings. The average Bonchev–Trinajstić information content (AvgIpc) is 1.86. The van der Waals surface area contributed by atoms with Gasteiger partial charge in [-0.05, 0) is 12.2 Å². The summed E-state index contributed by atoms with van der Waals surface area (Å²) in [4.78, 5) is 0. The van der Waals surface area contributed by atoms with Crippen LogP contribution in [0.15, 0.2) is 0 Å². The van der Waals surface area contributed by atoms with Gasteiger partial charge in [-0.25, -0.2) is 5.41 Å². The van der Waals surface area contributed by atoms with Gasteiger partial charge in [-0.3, -0.25) is 0 Å². The number of nitrogens with one attached hydrogen (secondary N) is 1. The van der Waals surface area contributed by atoms with Gasteiger partial charge in [0.1, 0.15) is 0 Å². The van der Waals surface area contributed by atoms with Crippen LogP contribution in [0.1, 0.15) is 26.2 Å². The van der Waals surface area contributed by atoms with E-state index in [2.05, 4.69) is 19.1 Å². The molecule has 0 aliphatic heterocycles. The van der Waals surface area contributed by atoms with Gasteiger partial charge in [0.2, 0.25) is 0 Å². The van der Waals surface area contributed by atoms with E-state index in [4.69, 9.17) is 5.41 Å². The normalized spacial score (nSPS) is 6.89. The van der Waals surface area contributed by atoms with Crippen molar-refractivity contribution < 1.29 is 0 Å². The number of isothiocyanates is 1.